The average molecular weight is 152 g/mol. The van der Waals surface area contributed by atoms with Gasteiger partial charge in [-0.1, -0.05) is 20.8 Å². The summed E-state index contributed by atoms with van der Waals surface area (Å²) in [6, 6.07) is -0.0232. The topological polar surface area (TPSA) is 9.23 Å². The van der Waals surface area contributed by atoms with Gasteiger partial charge in [-0.05, 0) is 25.2 Å². The Morgan fingerprint density at radius 2 is 2.00 bits per heavy atom. The molecule has 1 aliphatic heterocycles. The summed E-state index contributed by atoms with van der Waals surface area (Å²) in [6.45, 7) is 6.59. The van der Waals surface area contributed by atoms with Crippen LogP contribution in [0.15, 0.2) is 0 Å². The summed E-state index contributed by atoms with van der Waals surface area (Å²) in [5.41, 5.74) is 0.0828. The van der Waals surface area contributed by atoms with Gasteiger partial charge in [0.2, 0.25) is 0 Å². The molecule has 1 aliphatic rings. The first-order valence-electron chi connectivity index (χ1n) is 4.58. The van der Waals surface area contributed by atoms with Crippen molar-refractivity contribution in [1.82, 2.24) is 0 Å². The van der Waals surface area contributed by atoms with Gasteiger partial charge in [0.15, 0.2) is 0 Å². The van der Waals surface area contributed by atoms with Gasteiger partial charge >= 0.3 is 0 Å². The Bertz CT molecular complexity index is 132. The summed E-state index contributed by atoms with van der Waals surface area (Å²) in [5, 5.41) is 0. The summed E-state index contributed by atoms with van der Waals surface area (Å²) in [7, 11) is 5.73. The van der Waals surface area contributed by atoms with Crippen molar-refractivity contribution < 1.29 is 4.74 Å². The lowest BCUT2D eigenvalue weighted by Crippen LogP contribution is -2.32. The summed E-state index contributed by atoms with van der Waals surface area (Å²) in [6.07, 6.45) is 3.18. The van der Waals surface area contributed by atoms with Crippen LogP contribution in [0.2, 0.25) is 0 Å². The maximum atomic E-state index is 5.74. The zero-order valence-corrected chi connectivity index (χ0v) is 7.76. The van der Waals surface area contributed by atoms with Crippen molar-refractivity contribution >= 4 is 7.85 Å². The van der Waals surface area contributed by atoms with E-state index in [1.807, 2.05) is 0 Å². The van der Waals surface area contributed by atoms with Gasteiger partial charge in [-0.15, -0.1) is 0 Å². The minimum Gasteiger partial charge on any atom is -0.381 e. The van der Waals surface area contributed by atoms with Gasteiger partial charge in [0, 0.05) is 6.00 Å². The minimum atomic E-state index is -0.0232. The molecule has 1 heterocycles. The van der Waals surface area contributed by atoms with E-state index in [1.54, 1.807) is 0 Å². The molecule has 0 aromatic rings. The zero-order chi connectivity index (χ0) is 8.48. The van der Waals surface area contributed by atoms with Crippen LogP contribution in [0.25, 0.3) is 0 Å². The quantitative estimate of drug-likeness (QED) is 0.550. The van der Waals surface area contributed by atoms with Crippen LogP contribution in [0.1, 0.15) is 40.0 Å². The highest BCUT2D eigenvalue weighted by Crippen LogP contribution is 2.39. The first-order chi connectivity index (χ1) is 5.14. The largest absolute Gasteiger partial charge is 0.381 e. The standard InChI is InChI=1S/C9H17BO/c1-4-9(5-2)7(3)6-8(10)11-9/h7-8H,4-6H2,1-3H3/t7?,8-/m1/s1. The molecule has 1 unspecified atom stereocenters. The third-order valence-electron chi connectivity index (χ3n) is 3.07. The molecular weight excluding hydrogens is 135 g/mol. The van der Waals surface area contributed by atoms with Gasteiger partial charge < -0.3 is 4.74 Å². The van der Waals surface area contributed by atoms with E-state index in [9.17, 15) is 0 Å². The Balaban J connectivity index is 2.67. The molecule has 11 heavy (non-hydrogen) atoms. The molecule has 2 radical (unpaired) electrons. The fraction of sp³-hybridized carbons (Fsp3) is 1.00. The monoisotopic (exact) mass is 152 g/mol. The summed E-state index contributed by atoms with van der Waals surface area (Å²) >= 11 is 0. The maximum absolute atomic E-state index is 5.74. The van der Waals surface area contributed by atoms with Crippen molar-refractivity contribution in [2.24, 2.45) is 5.92 Å². The van der Waals surface area contributed by atoms with Crippen molar-refractivity contribution in [1.29, 1.82) is 0 Å². The van der Waals surface area contributed by atoms with E-state index in [4.69, 9.17) is 12.6 Å². The van der Waals surface area contributed by atoms with Crippen LogP contribution in [0.5, 0.6) is 0 Å². The normalized spacial score (nSPS) is 35.9. The van der Waals surface area contributed by atoms with Crippen molar-refractivity contribution in [3.05, 3.63) is 0 Å². The second-order valence-corrected chi connectivity index (χ2v) is 3.56. The average Bonchev–Trinajstić information content (AvgIpc) is 2.27. The van der Waals surface area contributed by atoms with Crippen LogP contribution >= 0.6 is 0 Å². The molecule has 0 bridgehead atoms. The Kier molecular flexibility index (Phi) is 2.63. The molecule has 0 aromatic carbocycles. The molecule has 1 saturated heterocycles. The molecular formula is C9H17BO. The smallest absolute Gasteiger partial charge is 0.109 e. The molecule has 0 saturated carbocycles. The van der Waals surface area contributed by atoms with Crippen LogP contribution < -0.4 is 0 Å². The number of hydrogen-bond donors (Lipinski definition) is 0. The lowest BCUT2D eigenvalue weighted by molar-refractivity contribution is -0.0369. The van der Waals surface area contributed by atoms with Crippen LogP contribution in [-0.4, -0.2) is 19.5 Å². The Morgan fingerprint density at radius 1 is 1.45 bits per heavy atom. The summed E-state index contributed by atoms with van der Waals surface area (Å²) < 4.78 is 5.74. The molecule has 0 amide bonds. The van der Waals surface area contributed by atoms with E-state index in [1.165, 1.54) is 0 Å². The maximum Gasteiger partial charge on any atom is 0.109 e. The lowest BCUT2D eigenvalue weighted by Gasteiger charge is -2.30. The second-order valence-electron chi connectivity index (χ2n) is 3.56. The van der Waals surface area contributed by atoms with Gasteiger partial charge in [-0.3, -0.25) is 0 Å². The molecule has 1 fully saturated rings. The van der Waals surface area contributed by atoms with Crippen molar-refractivity contribution in [3.8, 4) is 0 Å². The van der Waals surface area contributed by atoms with Gasteiger partial charge in [-0.2, -0.15) is 0 Å². The van der Waals surface area contributed by atoms with Gasteiger partial charge in [0.25, 0.3) is 0 Å². The first kappa shape index (κ1) is 9.12. The predicted molar refractivity (Wildman–Crippen MR) is 47.7 cm³/mol. The number of hydrogen-bond acceptors (Lipinski definition) is 1. The third kappa shape index (κ3) is 1.46. The summed E-state index contributed by atoms with van der Waals surface area (Å²) in [4.78, 5) is 0. The molecule has 0 spiro atoms. The highest BCUT2D eigenvalue weighted by molar-refractivity contribution is 6.11. The number of rotatable bonds is 2. The Morgan fingerprint density at radius 3 is 2.18 bits per heavy atom. The highest BCUT2D eigenvalue weighted by atomic mass is 16.5. The van der Waals surface area contributed by atoms with Gasteiger partial charge in [-0.25, -0.2) is 0 Å². The fourth-order valence-corrected chi connectivity index (χ4v) is 2.14. The Hall–Kier alpha value is 0.0249. The second kappa shape index (κ2) is 3.18. The van der Waals surface area contributed by atoms with Crippen molar-refractivity contribution in [2.45, 2.75) is 51.6 Å². The summed E-state index contributed by atoms with van der Waals surface area (Å²) in [5.74, 6) is 0.618. The molecule has 0 aromatic heterocycles. The molecule has 0 aliphatic carbocycles. The molecule has 2 heteroatoms. The molecule has 1 rings (SSSR count). The Labute approximate surface area is 70.9 Å². The van der Waals surface area contributed by atoms with Gasteiger partial charge in [0.1, 0.15) is 7.85 Å². The van der Waals surface area contributed by atoms with E-state index in [-0.39, 0.29) is 11.6 Å². The van der Waals surface area contributed by atoms with E-state index < -0.39 is 0 Å². The molecule has 1 nitrogen and oxygen atoms in total. The van der Waals surface area contributed by atoms with E-state index >= 15 is 0 Å². The van der Waals surface area contributed by atoms with E-state index in [0.717, 1.165) is 19.3 Å². The van der Waals surface area contributed by atoms with Crippen molar-refractivity contribution in [3.63, 3.8) is 0 Å². The third-order valence-corrected chi connectivity index (χ3v) is 3.07. The molecule has 0 N–H and O–H groups in total. The predicted octanol–water partition coefficient (Wildman–Crippen LogP) is 2.10. The molecule has 62 valence electrons. The van der Waals surface area contributed by atoms with E-state index in [2.05, 4.69) is 20.8 Å². The van der Waals surface area contributed by atoms with Crippen LogP contribution in [0, 0.1) is 5.92 Å². The van der Waals surface area contributed by atoms with Crippen molar-refractivity contribution in [2.75, 3.05) is 0 Å². The van der Waals surface area contributed by atoms with Crippen LogP contribution in [0.3, 0.4) is 0 Å². The fourth-order valence-electron chi connectivity index (χ4n) is 2.14. The first-order valence-corrected chi connectivity index (χ1v) is 4.58. The van der Waals surface area contributed by atoms with E-state index in [0.29, 0.717) is 5.92 Å². The molecule has 2 atom stereocenters. The SMILES string of the molecule is [B][C@H]1CC(C)C(CC)(CC)O1. The minimum absolute atomic E-state index is 0.0232. The van der Waals surface area contributed by atoms with Crippen LogP contribution in [-0.2, 0) is 4.74 Å². The van der Waals surface area contributed by atoms with Gasteiger partial charge in [0.05, 0.1) is 5.60 Å². The number of ether oxygens (including phenoxy) is 1. The lowest BCUT2D eigenvalue weighted by atomic mass is 9.82. The zero-order valence-electron chi connectivity index (χ0n) is 7.76. The highest BCUT2D eigenvalue weighted by Gasteiger charge is 2.41. The van der Waals surface area contributed by atoms with Crippen LogP contribution in [0.4, 0.5) is 0 Å².